The van der Waals surface area contributed by atoms with Crippen LogP contribution in [0.4, 0.5) is 18.9 Å². The average Bonchev–Trinajstić information content (AvgIpc) is 2.83. The fraction of sp³-hybridized carbons (Fsp3) is 0.357. The van der Waals surface area contributed by atoms with E-state index in [9.17, 15) is 18.1 Å². The Hall–Kier alpha value is -1.76. The first kappa shape index (κ1) is 15.6. The number of rotatable bonds is 2. The molecule has 0 saturated carbocycles. The van der Waals surface area contributed by atoms with Gasteiger partial charge in [0, 0.05) is 5.56 Å². The minimum Gasteiger partial charge on any atom is -0.198 e. The lowest BCUT2D eigenvalue weighted by molar-refractivity contribution is -0.377. The summed E-state index contributed by atoms with van der Waals surface area (Å²) < 4.78 is 39.6. The summed E-state index contributed by atoms with van der Waals surface area (Å²) >= 11 is 0.712. The maximum absolute atomic E-state index is 13.2. The Bertz CT molecular complexity index is 654. The van der Waals surface area contributed by atoms with Gasteiger partial charge in [-0.05, 0) is 50.2 Å². The number of hydrogen-bond donors (Lipinski definition) is 0. The second-order valence-electron chi connectivity index (χ2n) is 5.65. The van der Waals surface area contributed by atoms with Crippen molar-refractivity contribution in [1.29, 1.82) is 0 Å². The summed E-state index contributed by atoms with van der Waals surface area (Å²) in [5.74, 6) is 0. The van der Waals surface area contributed by atoms with E-state index in [1.165, 1.54) is 24.3 Å². The molecule has 0 unspecified atom stereocenters. The number of nitrogens with zero attached hydrogens (tertiary/aromatic N) is 1. The van der Waals surface area contributed by atoms with Crippen LogP contribution in [-0.4, -0.2) is 0 Å². The Balaban J connectivity index is 2.60. The van der Waals surface area contributed by atoms with Gasteiger partial charge in [-0.15, -0.1) is 4.91 Å². The molecule has 0 saturated heterocycles. The summed E-state index contributed by atoms with van der Waals surface area (Å²) in [5, 5.41) is 3.29. The van der Waals surface area contributed by atoms with Crippen LogP contribution in [0.3, 0.4) is 0 Å². The lowest BCUT2D eigenvalue weighted by atomic mass is 9.98. The number of H-pyrrole nitrogens is 1. The van der Waals surface area contributed by atoms with E-state index >= 15 is 0 Å². The van der Waals surface area contributed by atoms with Crippen LogP contribution in [0.25, 0.3) is 11.3 Å². The number of aromatic nitrogens is 1. The number of nitroso groups, excluding NO2 is 1. The van der Waals surface area contributed by atoms with Crippen LogP contribution >= 0.6 is 11.3 Å². The van der Waals surface area contributed by atoms with Crippen LogP contribution in [0.1, 0.15) is 30.7 Å². The number of benzene rings is 1. The summed E-state index contributed by atoms with van der Waals surface area (Å²) in [4.78, 5) is 12.6. The normalized spacial score (nSPS) is 12.5. The number of aromatic amines is 1. The van der Waals surface area contributed by atoms with Crippen molar-refractivity contribution < 1.29 is 18.2 Å². The third-order valence-electron chi connectivity index (χ3n) is 2.87. The number of halogens is 3. The zero-order valence-electron chi connectivity index (χ0n) is 11.7. The predicted molar refractivity (Wildman–Crippen MR) is 75.5 cm³/mol. The molecular weight excluding hydrogens is 301 g/mol. The van der Waals surface area contributed by atoms with Crippen LogP contribution in [0.5, 0.6) is 0 Å². The Morgan fingerprint density at radius 3 is 2.10 bits per heavy atom. The smallest absolute Gasteiger partial charge is 0.198 e. The van der Waals surface area contributed by atoms with Gasteiger partial charge in [0.2, 0.25) is 10.7 Å². The molecule has 0 aliphatic rings. The highest BCUT2D eigenvalue weighted by Gasteiger charge is 2.42. The number of nitrogens with one attached hydrogen (secondary N) is 1. The maximum Gasteiger partial charge on any atom is 0.432 e. The van der Waals surface area contributed by atoms with Crippen molar-refractivity contribution in [3.8, 4) is 11.3 Å². The minimum absolute atomic E-state index is 0.0230. The monoisotopic (exact) mass is 315 g/mol. The van der Waals surface area contributed by atoms with E-state index in [0.29, 0.717) is 21.9 Å². The number of alkyl halides is 3. The van der Waals surface area contributed by atoms with Crippen molar-refractivity contribution in [1.82, 2.24) is 0 Å². The number of hydrogen-bond acceptors (Lipinski definition) is 3. The summed E-state index contributed by atoms with van der Waals surface area (Å²) in [6.07, 6.45) is -4.43. The summed E-state index contributed by atoms with van der Waals surface area (Å²) in [5.41, 5.74) is 0.169. The van der Waals surface area contributed by atoms with Crippen molar-refractivity contribution in [2.45, 2.75) is 32.4 Å². The molecule has 2 rings (SSSR count). The van der Waals surface area contributed by atoms with Gasteiger partial charge in [0.1, 0.15) is 5.69 Å². The van der Waals surface area contributed by atoms with Crippen LogP contribution < -0.4 is 4.98 Å². The second kappa shape index (κ2) is 5.22. The van der Waals surface area contributed by atoms with E-state index in [-0.39, 0.29) is 11.4 Å². The second-order valence-corrected chi connectivity index (χ2v) is 6.67. The van der Waals surface area contributed by atoms with Crippen molar-refractivity contribution in [2.75, 3.05) is 0 Å². The lowest BCUT2D eigenvalue weighted by Gasteiger charge is -2.08. The van der Waals surface area contributed by atoms with Crippen LogP contribution in [0.2, 0.25) is 0 Å². The predicted octanol–water partition coefficient (Wildman–Crippen LogP) is 4.94. The Morgan fingerprint density at radius 1 is 1.10 bits per heavy atom. The van der Waals surface area contributed by atoms with Gasteiger partial charge in [-0.2, -0.15) is 18.2 Å². The maximum atomic E-state index is 13.2. The summed E-state index contributed by atoms with van der Waals surface area (Å²) in [7, 11) is 0. The quantitative estimate of drug-likeness (QED) is 0.724. The molecule has 112 valence electrons. The highest BCUT2D eigenvalue weighted by atomic mass is 32.1. The molecule has 21 heavy (non-hydrogen) atoms. The molecular formula is C14H14F3N2OS+. The fourth-order valence-electron chi connectivity index (χ4n) is 1.78. The largest absolute Gasteiger partial charge is 0.432 e. The molecule has 0 amide bonds. The molecule has 1 aromatic heterocycles. The number of thiazole rings is 1. The van der Waals surface area contributed by atoms with E-state index in [1.54, 1.807) is 0 Å². The average molecular weight is 315 g/mol. The molecule has 0 aliphatic heterocycles. The van der Waals surface area contributed by atoms with Crippen molar-refractivity contribution in [3.05, 3.63) is 39.1 Å². The van der Waals surface area contributed by atoms with E-state index in [0.717, 1.165) is 0 Å². The van der Waals surface area contributed by atoms with Crippen LogP contribution in [0.15, 0.2) is 29.4 Å². The minimum atomic E-state index is -4.43. The molecule has 2 aromatic rings. The third kappa shape index (κ3) is 3.29. The molecule has 0 fully saturated rings. The first-order valence-corrected chi connectivity index (χ1v) is 7.02. The van der Waals surface area contributed by atoms with Gasteiger partial charge in [-0.3, -0.25) is 0 Å². The third-order valence-corrected chi connectivity index (χ3v) is 4.43. The van der Waals surface area contributed by atoms with Crippen LogP contribution in [0, 0.1) is 4.91 Å². The van der Waals surface area contributed by atoms with Crippen molar-refractivity contribution in [2.24, 2.45) is 5.18 Å². The molecule has 0 bridgehead atoms. The molecule has 1 heterocycles. The van der Waals surface area contributed by atoms with Gasteiger partial charge in [-0.1, -0.05) is 11.3 Å². The standard InChI is InChI=1S/C14H13F3N2OS/c1-13(2,3)12-18-10(11(21-12)14(15,16)17)8-4-6-9(19-20)7-5-8/h4-7H,1-3H3/p+1. The van der Waals surface area contributed by atoms with E-state index in [4.69, 9.17) is 0 Å². The van der Waals surface area contributed by atoms with Gasteiger partial charge in [0.25, 0.3) is 0 Å². The molecule has 1 aromatic carbocycles. The van der Waals surface area contributed by atoms with Gasteiger partial charge >= 0.3 is 6.18 Å². The van der Waals surface area contributed by atoms with Gasteiger partial charge in [0.15, 0.2) is 4.88 Å². The van der Waals surface area contributed by atoms with E-state index in [2.05, 4.69) is 10.2 Å². The van der Waals surface area contributed by atoms with E-state index < -0.39 is 16.5 Å². The first-order chi connectivity index (χ1) is 9.63. The molecule has 0 aliphatic carbocycles. The van der Waals surface area contributed by atoms with Crippen LogP contribution in [-0.2, 0) is 11.6 Å². The Labute approximate surface area is 123 Å². The molecule has 0 radical (unpaired) electrons. The van der Waals surface area contributed by atoms with Gasteiger partial charge < -0.3 is 0 Å². The molecule has 0 atom stereocenters. The molecule has 7 heteroatoms. The molecule has 3 nitrogen and oxygen atoms in total. The van der Waals surface area contributed by atoms with Gasteiger partial charge in [-0.25, -0.2) is 0 Å². The van der Waals surface area contributed by atoms with E-state index in [1.807, 2.05) is 20.8 Å². The fourth-order valence-corrected chi connectivity index (χ4v) is 2.83. The van der Waals surface area contributed by atoms with Gasteiger partial charge in [0.05, 0.1) is 5.41 Å². The summed E-state index contributed by atoms with van der Waals surface area (Å²) in [6, 6.07) is 5.70. The zero-order chi connectivity index (χ0) is 15.8. The van der Waals surface area contributed by atoms with Crippen molar-refractivity contribution >= 4 is 17.0 Å². The first-order valence-electron chi connectivity index (χ1n) is 6.20. The highest BCUT2D eigenvalue weighted by molar-refractivity contribution is 7.11. The molecule has 0 spiro atoms. The lowest BCUT2D eigenvalue weighted by Crippen LogP contribution is -2.21. The molecule has 1 N–H and O–H groups in total. The Kier molecular flexibility index (Phi) is 3.88. The Morgan fingerprint density at radius 2 is 1.67 bits per heavy atom. The van der Waals surface area contributed by atoms with Crippen molar-refractivity contribution in [3.63, 3.8) is 0 Å². The summed E-state index contributed by atoms with van der Waals surface area (Å²) in [6.45, 7) is 5.54. The topological polar surface area (TPSA) is 43.6 Å². The SMILES string of the molecule is CC(C)(C)c1[nH+]c(-c2ccc(N=O)cc2)c(C(F)(F)F)s1. The highest BCUT2D eigenvalue weighted by Crippen LogP contribution is 2.41. The zero-order valence-corrected chi connectivity index (χ0v) is 12.5.